The van der Waals surface area contributed by atoms with Gasteiger partial charge in [0.05, 0.1) is 17.9 Å². The number of ether oxygens (including phenoxy) is 1. The summed E-state index contributed by atoms with van der Waals surface area (Å²) in [5.74, 6) is 0.718. The molecule has 146 valence electrons. The molecule has 1 N–H and O–H groups in total. The second kappa shape index (κ2) is 8.80. The predicted octanol–water partition coefficient (Wildman–Crippen LogP) is 4.69. The number of hydrogen-bond donors (Lipinski definition) is 1. The summed E-state index contributed by atoms with van der Waals surface area (Å²) in [6.45, 7) is 4.79. The van der Waals surface area contributed by atoms with E-state index in [0.29, 0.717) is 23.9 Å². The highest BCUT2D eigenvalue weighted by Crippen LogP contribution is 2.18. The van der Waals surface area contributed by atoms with Gasteiger partial charge in [0.2, 0.25) is 0 Å². The Bertz CT molecular complexity index is 953. The molecule has 2 amide bonds. The van der Waals surface area contributed by atoms with E-state index in [0.717, 1.165) is 22.8 Å². The van der Waals surface area contributed by atoms with Crippen LogP contribution in [-0.4, -0.2) is 40.9 Å². The number of benzene rings is 2. The number of rotatable bonds is 6. The van der Waals surface area contributed by atoms with Gasteiger partial charge in [-0.15, -0.1) is 0 Å². The molecule has 0 unspecified atom stereocenters. The highest BCUT2D eigenvalue weighted by molar-refractivity contribution is 6.30. The van der Waals surface area contributed by atoms with Crippen molar-refractivity contribution in [2.45, 2.75) is 13.8 Å². The maximum atomic E-state index is 12.4. The fourth-order valence-electron chi connectivity index (χ4n) is 2.76. The van der Waals surface area contributed by atoms with Crippen LogP contribution < -0.4 is 10.1 Å². The molecule has 0 saturated carbocycles. The van der Waals surface area contributed by atoms with Crippen molar-refractivity contribution in [3.63, 3.8) is 0 Å². The second-order valence-electron chi connectivity index (χ2n) is 6.54. The van der Waals surface area contributed by atoms with Crippen molar-refractivity contribution < 1.29 is 9.53 Å². The lowest BCUT2D eigenvalue weighted by molar-refractivity contribution is 0.207. The largest absolute Gasteiger partial charge is 0.492 e. The summed E-state index contributed by atoms with van der Waals surface area (Å²) < 4.78 is 7.49. The maximum absolute atomic E-state index is 12.4. The monoisotopic (exact) mass is 398 g/mol. The van der Waals surface area contributed by atoms with Crippen molar-refractivity contribution >= 4 is 23.3 Å². The van der Waals surface area contributed by atoms with Crippen LogP contribution in [0.2, 0.25) is 5.02 Å². The second-order valence-corrected chi connectivity index (χ2v) is 6.98. The Balaban J connectivity index is 1.55. The molecule has 0 aliphatic rings. The number of anilines is 1. The lowest BCUT2D eigenvalue weighted by atomic mass is 10.2. The standard InChI is InChI=1S/C21H23ClN4O2/c1-15-13-16(2)26(24-15)19-6-4-5-18(14-19)23-21(27)25(3)11-12-28-20-9-7-17(22)8-10-20/h4-10,13-14H,11-12H2,1-3H3,(H,23,27). The number of nitrogens with zero attached hydrogens (tertiary/aromatic N) is 3. The van der Waals surface area contributed by atoms with Crippen molar-refractivity contribution in [1.82, 2.24) is 14.7 Å². The molecular weight excluding hydrogens is 376 g/mol. The van der Waals surface area contributed by atoms with Gasteiger partial charge in [-0.05, 0) is 62.4 Å². The van der Waals surface area contributed by atoms with E-state index in [1.165, 1.54) is 0 Å². The molecule has 3 aromatic rings. The third kappa shape index (κ3) is 5.04. The zero-order valence-electron chi connectivity index (χ0n) is 16.1. The van der Waals surface area contributed by atoms with Crippen LogP contribution in [-0.2, 0) is 0 Å². The third-order valence-corrected chi connectivity index (χ3v) is 4.46. The number of carbonyl (C=O) groups is 1. The number of aryl methyl sites for hydroxylation is 2. The average molecular weight is 399 g/mol. The summed E-state index contributed by atoms with van der Waals surface area (Å²) >= 11 is 5.85. The van der Waals surface area contributed by atoms with Gasteiger partial charge in [0.15, 0.2) is 0 Å². The van der Waals surface area contributed by atoms with E-state index >= 15 is 0 Å². The Kier molecular flexibility index (Phi) is 6.21. The fraction of sp³-hybridized carbons (Fsp3) is 0.238. The Labute approximate surface area is 169 Å². The fourth-order valence-corrected chi connectivity index (χ4v) is 2.88. The zero-order valence-corrected chi connectivity index (χ0v) is 16.9. The predicted molar refractivity (Wildman–Crippen MR) is 112 cm³/mol. The van der Waals surface area contributed by atoms with E-state index in [-0.39, 0.29) is 6.03 Å². The smallest absolute Gasteiger partial charge is 0.321 e. The first-order valence-corrected chi connectivity index (χ1v) is 9.34. The van der Waals surface area contributed by atoms with Crippen LogP contribution in [0.3, 0.4) is 0 Å². The molecule has 0 saturated heterocycles. The summed E-state index contributed by atoms with van der Waals surface area (Å²) in [6.07, 6.45) is 0. The Morgan fingerprint density at radius 1 is 1.18 bits per heavy atom. The minimum atomic E-state index is -0.203. The van der Waals surface area contributed by atoms with E-state index in [9.17, 15) is 4.79 Å². The lowest BCUT2D eigenvalue weighted by Gasteiger charge is -2.18. The van der Waals surface area contributed by atoms with Gasteiger partial charge in [-0.2, -0.15) is 5.10 Å². The van der Waals surface area contributed by atoms with Crippen LogP contribution in [0.1, 0.15) is 11.4 Å². The van der Waals surface area contributed by atoms with Crippen molar-refractivity contribution in [3.8, 4) is 11.4 Å². The average Bonchev–Trinajstić information content (AvgIpc) is 3.01. The van der Waals surface area contributed by atoms with E-state index in [4.69, 9.17) is 16.3 Å². The summed E-state index contributed by atoms with van der Waals surface area (Å²) in [5.41, 5.74) is 3.60. The SMILES string of the molecule is Cc1cc(C)n(-c2cccc(NC(=O)N(C)CCOc3ccc(Cl)cc3)c2)n1. The molecule has 28 heavy (non-hydrogen) atoms. The topological polar surface area (TPSA) is 59.4 Å². The van der Waals surface area contributed by atoms with Gasteiger partial charge in [-0.25, -0.2) is 9.48 Å². The van der Waals surface area contributed by atoms with E-state index in [1.807, 2.05) is 48.9 Å². The molecule has 3 rings (SSSR count). The summed E-state index contributed by atoms with van der Waals surface area (Å²) in [4.78, 5) is 14.0. The molecule has 0 radical (unpaired) electrons. The molecule has 0 aliphatic carbocycles. The molecule has 0 aliphatic heterocycles. The highest BCUT2D eigenvalue weighted by atomic mass is 35.5. The minimum absolute atomic E-state index is 0.203. The van der Waals surface area contributed by atoms with Crippen LogP contribution in [0.15, 0.2) is 54.6 Å². The van der Waals surface area contributed by atoms with Crippen LogP contribution in [0.4, 0.5) is 10.5 Å². The van der Waals surface area contributed by atoms with Crippen molar-refractivity contribution in [2.24, 2.45) is 0 Å². The van der Waals surface area contributed by atoms with Crippen LogP contribution in [0, 0.1) is 13.8 Å². The van der Waals surface area contributed by atoms with E-state index in [1.54, 1.807) is 36.2 Å². The molecular formula is C21H23ClN4O2. The minimum Gasteiger partial charge on any atom is -0.492 e. The Morgan fingerprint density at radius 2 is 1.93 bits per heavy atom. The number of nitrogens with one attached hydrogen (secondary N) is 1. The van der Waals surface area contributed by atoms with Crippen LogP contribution >= 0.6 is 11.6 Å². The summed E-state index contributed by atoms with van der Waals surface area (Å²) in [5, 5.41) is 8.05. The Morgan fingerprint density at radius 3 is 2.61 bits per heavy atom. The first kappa shape index (κ1) is 19.8. The first-order chi connectivity index (χ1) is 13.4. The van der Waals surface area contributed by atoms with Gasteiger partial charge in [0.1, 0.15) is 12.4 Å². The van der Waals surface area contributed by atoms with E-state index in [2.05, 4.69) is 10.4 Å². The molecule has 7 heteroatoms. The number of amides is 2. The molecule has 1 heterocycles. The van der Waals surface area contributed by atoms with Crippen molar-refractivity contribution in [1.29, 1.82) is 0 Å². The van der Waals surface area contributed by atoms with Gasteiger partial charge in [0.25, 0.3) is 0 Å². The molecule has 0 spiro atoms. The first-order valence-electron chi connectivity index (χ1n) is 8.96. The number of likely N-dealkylation sites (N-methyl/N-ethyl adjacent to an activating group) is 1. The van der Waals surface area contributed by atoms with Gasteiger partial charge >= 0.3 is 6.03 Å². The third-order valence-electron chi connectivity index (χ3n) is 4.21. The number of hydrogen-bond acceptors (Lipinski definition) is 3. The number of aromatic nitrogens is 2. The van der Waals surface area contributed by atoms with Gasteiger partial charge in [0, 0.05) is 23.5 Å². The van der Waals surface area contributed by atoms with Gasteiger partial charge in [-0.1, -0.05) is 17.7 Å². The number of urea groups is 1. The molecule has 0 fully saturated rings. The molecule has 6 nitrogen and oxygen atoms in total. The van der Waals surface area contributed by atoms with Crippen molar-refractivity contribution in [2.75, 3.05) is 25.5 Å². The summed E-state index contributed by atoms with van der Waals surface area (Å²) in [6, 6.07) is 16.5. The molecule has 1 aromatic heterocycles. The lowest BCUT2D eigenvalue weighted by Crippen LogP contribution is -2.34. The molecule has 2 aromatic carbocycles. The normalized spacial score (nSPS) is 10.6. The highest BCUT2D eigenvalue weighted by Gasteiger charge is 2.10. The van der Waals surface area contributed by atoms with Gasteiger partial charge in [-0.3, -0.25) is 0 Å². The van der Waals surface area contributed by atoms with E-state index < -0.39 is 0 Å². The molecule has 0 bridgehead atoms. The van der Waals surface area contributed by atoms with Crippen LogP contribution in [0.5, 0.6) is 5.75 Å². The Hall–Kier alpha value is -2.99. The zero-order chi connectivity index (χ0) is 20.1. The molecule has 0 atom stereocenters. The van der Waals surface area contributed by atoms with Gasteiger partial charge < -0.3 is 15.0 Å². The quantitative estimate of drug-likeness (QED) is 0.655. The maximum Gasteiger partial charge on any atom is 0.321 e. The van der Waals surface area contributed by atoms with Crippen LogP contribution in [0.25, 0.3) is 5.69 Å². The number of halogens is 1. The van der Waals surface area contributed by atoms with Crippen molar-refractivity contribution in [3.05, 3.63) is 71.0 Å². The number of carbonyl (C=O) groups excluding carboxylic acids is 1. The summed E-state index contributed by atoms with van der Waals surface area (Å²) in [7, 11) is 1.73.